The first kappa shape index (κ1) is 13.5. The SMILES string of the molecule is CC(C)C1NC(=O)CCN(Cc2ccccn2)C1=O. The number of nitrogens with one attached hydrogen (secondary N) is 1. The molecule has 0 aliphatic carbocycles. The number of carbonyl (C=O) groups is 2. The summed E-state index contributed by atoms with van der Waals surface area (Å²) in [5, 5.41) is 2.79. The molecule has 2 amide bonds. The van der Waals surface area contributed by atoms with E-state index in [9.17, 15) is 9.59 Å². The Balaban J connectivity index is 2.14. The first-order chi connectivity index (χ1) is 9.08. The van der Waals surface area contributed by atoms with Crippen LogP contribution in [0, 0.1) is 5.92 Å². The number of aromatic nitrogens is 1. The van der Waals surface area contributed by atoms with Gasteiger partial charge in [-0.15, -0.1) is 0 Å². The molecule has 5 nitrogen and oxygen atoms in total. The van der Waals surface area contributed by atoms with Crippen molar-refractivity contribution in [2.75, 3.05) is 6.54 Å². The van der Waals surface area contributed by atoms with Gasteiger partial charge in [-0.2, -0.15) is 0 Å². The van der Waals surface area contributed by atoms with Gasteiger partial charge in [-0.1, -0.05) is 19.9 Å². The molecule has 1 aliphatic heterocycles. The Morgan fingerprint density at radius 3 is 2.84 bits per heavy atom. The van der Waals surface area contributed by atoms with Gasteiger partial charge in [0.1, 0.15) is 6.04 Å². The van der Waals surface area contributed by atoms with E-state index in [2.05, 4.69) is 10.3 Å². The lowest BCUT2D eigenvalue weighted by atomic mass is 10.0. The van der Waals surface area contributed by atoms with Crippen LogP contribution in [0.1, 0.15) is 26.0 Å². The van der Waals surface area contributed by atoms with Crippen molar-refractivity contribution in [3.63, 3.8) is 0 Å². The highest BCUT2D eigenvalue weighted by Crippen LogP contribution is 2.13. The summed E-state index contributed by atoms with van der Waals surface area (Å²) < 4.78 is 0. The number of hydrogen-bond donors (Lipinski definition) is 1. The summed E-state index contributed by atoms with van der Waals surface area (Å²) in [5.74, 6) is 0.00264. The van der Waals surface area contributed by atoms with Gasteiger partial charge in [-0.3, -0.25) is 14.6 Å². The summed E-state index contributed by atoms with van der Waals surface area (Å²) in [6.45, 7) is 4.78. The summed E-state index contributed by atoms with van der Waals surface area (Å²) in [5.41, 5.74) is 0.840. The molecule has 1 aromatic heterocycles. The minimum atomic E-state index is -0.432. The highest BCUT2D eigenvalue weighted by molar-refractivity contribution is 5.90. The minimum Gasteiger partial charge on any atom is -0.344 e. The summed E-state index contributed by atoms with van der Waals surface area (Å²) in [4.78, 5) is 30.0. The fourth-order valence-electron chi connectivity index (χ4n) is 2.15. The Labute approximate surface area is 113 Å². The summed E-state index contributed by atoms with van der Waals surface area (Å²) in [7, 11) is 0. The molecule has 0 aromatic carbocycles. The smallest absolute Gasteiger partial charge is 0.245 e. The van der Waals surface area contributed by atoms with Gasteiger partial charge in [0.2, 0.25) is 11.8 Å². The zero-order valence-corrected chi connectivity index (χ0v) is 11.3. The predicted octanol–water partition coefficient (Wildman–Crippen LogP) is 0.955. The van der Waals surface area contributed by atoms with Crippen molar-refractivity contribution in [2.24, 2.45) is 5.92 Å². The molecule has 0 bridgehead atoms. The average Bonchev–Trinajstić information content (AvgIpc) is 2.53. The summed E-state index contributed by atoms with van der Waals surface area (Å²) in [6, 6.07) is 5.19. The molecule has 2 heterocycles. The summed E-state index contributed by atoms with van der Waals surface area (Å²) in [6.07, 6.45) is 2.06. The van der Waals surface area contributed by atoms with E-state index in [-0.39, 0.29) is 17.7 Å². The van der Waals surface area contributed by atoms with Crippen molar-refractivity contribution in [1.29, 1.82) is 0 Å². The Kier molecular flexibility index (Phi) is 4.14. The third-order valence-corrected chi connectivity index (χ3v) is 3.25. The first-order valence-corrected chi connectivity index (χ1v) is 6.56. The van der Waals surface area contributed by atoms with Crippen LogP contribution in [0.2, 0.25) is 0 Å². The Morgan fingerprint density at radius 1 is 1.42 bits per heavy atom. The lowest BCUT2D eigenvalue weighted by Crippen LogP contribution is -2.47. The predicted molar refractivity (Wildman–Crippen MR) is 71.0 cm³/mol. The lowest BCUT2D eigenvalue weighted by Gasteiger charge is -2.25. The first-order valence-electron chi connectivity index (χ1n) is 6.56. The number of carbonyl (C=O) groups excluding carboxylic acids is 2. The van der Waals surface area contributed by atoms with Crippen LogP contribution < -0.4 is 5.32 Å². The molecule has 1 fully saturated rings. The van der Waals surface area contributed by atoms with E-state index < -0.39 is 6.04 Å². The molecule has 5 heteroatoms. The molecule has 1 unspecified atom stereocenters. The van der Waals surface area contributed by atoms with Crippen LogP contribution in [0.25, 0.3) is 0 Å². The maximum Gasteiger partial charge on any atom is 0.245 e. The van der Waals surface area contributed by atoms with Crippen LogP contribution in [0.5, 0.6) is 0 Å². The fraction of sp³-hybridized carbons (Fsp3) is 0.500. The van der Waals surface area contributed by atoms with E-state index in [4.69, 9.17) is 0 Å². The van der Waals surface area contributed by atoms with Gasteiger partial charge >= 0.3 is 0 Å². The third kappa shape index (κ3) is 3.30. The van der Waals surface area contributed by atoms with Crippen LogP contribution in [0.15, 0.2) is 24.4 Å². The maximum atomic E-state index is 12.4. The summed E-state index contributed by atoms with van der Waals surface area (Å²) >= 11 is 0. The zero-order chi connectivity index (χ0) is 13.8. The van der Waals surface area contributed by atoms with Crippen molar-refractivity contribution in [3.8, 4) is 0 Å². The molecule has 19 heavy (non-hydrogen) atoms. The molecule has 1 saturated heterocycles. The minimum absolute atomic E-state index is 0.0218. The van der Waals surface area contributed by atoms with Crippen LogP contribution in [-0.2, 0) is 16.1 Å². The van der Waals surface area contributed by atoms with Gasteiger partial charge in [0.15, 0.2) is 0 Å². The second-order valence-electron chi connectivity index (χ2n) is 5.12. The largest absolute Gasteiger partial charge is 0.344 e. The molecule has 1 atom stereocenters. The van der Waals surface area contributed by atoms with Crippen LogP contribution in [0.4, 0.5) is 0 Å². The zero-order valence-electron chi connectivity index (χ0n) is 11.3. The normalized spacial score (nSPS) is 20.4. The second kappa shape index (κ2) is 5.82. The molecule has 1 aliphatic rings. The topological polar surface area (TPSA) is 62.3 Å². The molecular formula is C14H19N3O2. The van der Waals surface area contributed by atoms with E-state index >= 15 is 0 Å². The van der Waals surface area contributed by atoms with Crippen molar-refractivity contribution < 1.29 is 9.59 Å². The molecule has 0 spiro atoms. The third-order valence-electron chi connectivity index (χ3n) is 3.25. The van der Waals surface area contributed by atoms with Gasteiger partial charge in [0.05, 0.1) is 12.2 Å². The van der Waals surface area contributed by atoms with Crippen LogP contribution in [0.3, 0.4) is 0 Å². The van der Waals surface area contributed by atoms with E-state index in [1.165, 1.54) is 0 Å². The van der Waals surface area contributed by atoms with E-state index in [1.54, 1.807) is 11.1 Å². The Hall–Kier alpha value is -1.91. The average molecular weight is 261 g/mol. The van der Waals surface area contributed by atoms with Gasteiger partial charge in [0, 0.05) is 19.2 Å². The number of pyridine rings is 1. The van der Waals surface area contributed by atoms with Crippen LogP contribution >= 0.6 is 0 Å². The number of nitrogens with zero attached hydrogens (tertiary/aromatic N) is 2. The molecule has 2 rings (SSSR count). The fourth-order valence-corrected chi connectivity index (χ4v) is 2.15. The standard InChI is InChI=1S/C14H19N3O2/c1-10(2)13-14(19)17(8-6-12(18)16-13)9-11-5-3-4-7-15-11/h3-5,7,10,13H,6,8-9H2,1-2H3,(H,16,18). The van der Waals surface area contributed by atoms with Gasteiger partial charge in [-0.25, -0.2) is 0 Å². The Morgan fingerprint density at radius 2 is 2.21 bits per heavy atom. The second-order valence-corrected chi connectivity index (χ2v) is 5.12. The van der Waals surface area contributed by atoms with E-state index in [0.717, 1.165) is 5.69 Å². The number of hydrogen-bond acceptors (Lipinski definition) is 3. The highest BCUT2D eigenvalue weighted by atomic mass is 16.2. The van der Waals surface area contributed by atoms with Gasteiger partial charge < -0.3 is 10.2 Å². The van der Waals surface area contributed by atoms with Crippen molar-refractivity contribution in [1.82, 2.24) is 15.2 Å². The van der Waals surface area contributed by atoms with Crippen molar-refractivity contribution >= 4 is 11.8 Å². The molecule has 0 radical (unpaired) electrons. The van der Waals surface area contributed by atoms with Gasteiger partial charge in [-0.05, 0) is 18.1 Å². The van der Waals surface area contributed by atoms with Crippen molar-refractivity contribution in [2.45, 2.75) is 32.9 Å². The van der Waals surface area contributed by atoms with E-state index in [1.807, 2.05) is 32.0 Å². The molecule has 102 valence electrons. The number of rotatable bonds is 3. The molecule has 0 saturated carbocycles. The number of amides is 2. The van der Waals surface area contributed by atoms with Crippen LogP contribution in [-0.4, -0.2) is 34.3 Å². The molecule has 1 aromatic rings. The monoisotopic (exact) mass is 261 g/mol. The van der Waals surface area contributed by atoms with E-state index in [0.29, 0.717) is 19.5 Å². The van der Waals surface area contributed by atoms with Crippen molar-refractivity contribution in [3.05, 3.63) is 30.1 Å². The quantitative estimate of drug-likeness (QED) is 0.881. The Bertz CT molecular complexity index is 459. The maximum absolute atomic E-state index is 12.4. The lowest BCUT2D eigenvalue weighted by molar-refractivity contribution is -0.135. The van der Waals surface area contributed by atoms with Gasteiger partial charge in [0.25, 0.3) is 0 Å². The molecular weight excluding hydrogens is 242 g/mol. The molecule has 1 N–H and O–H groups in total. The highest BCUT2D eigenvalue weighted by Gasteiger charge is 2.31.